The molecule has 0 spiro atoms. The molecule has 2 aromatic carbocycles. The zero-order valence-corrected chi connectivity index (χ0v) is 16.0. The highest BCUT2D eigenvalue weighted by atomic mass is 16.5. The third kappa shape index (κ3) is 3.88. The standard InChI is InChI=1S/C22H26N2O3/c1-15(2)23-21(25)19-17-11-7-8-12-18(17)22(26)24(13-14-27-3)20(19)16-9-5-4-6-10-16/h4-12,15,19-20H,13-14H2,1-3H3,(H,23,25). The van der Waals surface area contributed by atoms with E-state index in [9.17, 15) is 9.59 Å². The Bertz CT molecular complexity index is 804. The number of benzene rings is 2. The summed E-state index contributed by atoms with van der Waals surface area (Å²) < 4.78 is 5.23. The molecule has 0 bridgehead atoms. The SMILES string of the molecule is COCCN1C(=O)c2ccccc2C(C(=O)NC(C)C)C1c1ccccc1. The van der Waals surface area contributed by atoms with Crippen molar-refractivity contribution in [3.8, 4) is 0 Å². The van der Waals surface area contributed by atoms with E-state index in [-0.39, 0.29) is 23.9 Å². The summed E-state index contributed by atoms with van der Waals surface area (Å²) in [5.41, 5.74) is 2.31. The van der Waals surface area contributed by atoms with Crippen molar-refractivity contribution in [2.24, 2.45) is 0 Å². The molecule has 1 heterocycles. The van der Waals surface area contributed by atoms with Crippen LogP contribution in [0.15, 0.2) is 54.6 Å². The van der Waals surface area contributed by atoms with E-state index in [4.69, 9.17) is 4.74 Å². The van der Waals surface area contributed by atoms with Gasteiger partial charge in [-0.2, -0.15) is 0 Å². The van der Waals surface area contributed by atoms with Gasteiger partial charge < -0.3 is 15.0 Å². The number of methoxy groups -OCH3 is 1. The first-order valence-corrected chi connectivity index (χ1v) is 9.28. The lowest BCUT2D eigenvalue weighted by molar-refractivity contribution is -0.124. The fourth-order valence-corrected chi connectivity index (χ4v) is 3.71. The Kier molecular flexibility index (Phi) is 5.91. The molecule has 5 nitrogen and oxygen atoms in total. The third-order valence-electron chi connectivity index (χ3n) is 4.83. The van der Waals surface area contributed by atoms with Crippen LogP contribution in [0.1, 0.15) is 47.3 Å². The van der Waals surface area contributed by atoms with Gasteiger partial charge in [0, 0.05) is 25.3 Å². The van der Waals surface area contributed by atoms with Crippen molar-refractivity contribution >= 4 is 11.8 Å². The molecule has 1 aliphatic rings. The molecule has 2 unspecified atom stereocenters. The number of ether oxygens (including phenoxy) is 1. The molecule has 0 radical (unpaired) electrons. The smallest absolute Gasteiger partial charge is 0.254 e. The van der Waals surface area contributed by atoms with Crippen molar-refractivity contribution < 1.29 is 14.3 Å². The van der Waals surface area contributed by atoms with Gasteiger partial charge in [-0.15, -0.1) is 0 Å². The topological polar surface area (TPSA) is 58.6 Å². The van der Waals surface area contributed by atoms with Crippen molar-refractivity contribution in [2.75, 3.05) is 20.3 Å². The second-order valence-electron chi connectivity index (χ2n) is 7.08. The van der Waals surface area contributed by atoms with Gasteiger partial charge in [0.25, 0.3) is 5.91 Å². The number of rotatable bonds is 6. The third-order valence-corrected chi connectivity index (χ3v) is 4.83. The minimum Gasteiger partial charge on any atom is -0.383 e. The summed E-state index contributed by atoms with van der Waals surface area (Å²) in [6.07, 6.45) is 0. The molecule has 0 fully saturated rings. The second-order valence-corrected chi connectivity index (χ2v) is 7.08. The van der Waals surface area contributed by atoms with Crippen LogP contribution < -0.4 is 5.32 Å². The van der Waals surface area contributed by atoms with E-state index in [1.54, 1.807) is 18.1 Å². The van der Waals surface area contributed by atoms with Crippen LogP contribution in [0, 0.1) is 0 Å². The lowest BCUT2D eigenvalue weighted by atomic mass is 9.79. The number of fused-ring (bicyclic) bond motifs is 1. The van der Waals surface area contributed by atoms with Crippen LogP contribution in [0.3, 0.4) is 0 Å². The van der Waals surface area contributed by atoms with Crippen LogP contribution in [0.5, 0.6) is 0 Å². The summed E-state index contributed by atoms with van der Waals surface area (Å²) in [5.74, 6) is -0.605. The maximum Gasteiger partial charge on any atom is 0.254 e. The Hall–Kier alpha value is -2.66. The zero-order valence-electron chi connectivity index (χ0n) is 16.0. The number of nitrogens with one attached hydrogen (secondary N) is 1. The Morgan fingerprint density at radius 2 is 1.78 bits per heavy atom. The molecule has 5 heteroatoms. The molecule has 0 saturated heterocycles. The minimum absolute atomic E-state index is 0.0196. The van der Waals surface area contributed by atoms with E-state index in [2.05, 4.69) is 5.32 Å². The van der Waals surface area contributed by atoms with E-state index < -0.39 is 5.92 Å². The zero-order chi connectivity index (χ0) is 19.4. The van der Waals surface area contributed by atoms with Crippen LogP contribution in [0.4, 0.5) is 0 Å². The normalized spacial score (nSPS) is 19.1. The first-order chi connectivity index (χ1) is 13.0. The number of amides is 2. The Labute approximate surface area is 160 Å². The van der Waals surface area contributed by atoms with E-state index in [0.29, 0.717) is 18.7 Å². The summed E-state index contributed by atoms with van der Waals surface area (Å²) in [4.78, 5) is 28.2. The molecule has 142 valence electrons. The molecule has 2 atom stereocenters. The maximum atomic E-state index is 13.2. The summed E-state index contributed by atoms with van der Waals surface area (Å²) >= 11 is 0. The van der Waals surface area contributed by atoms with Gasteiger partial charge in [-0.1, -0.05) is 48.5 Å². The van der Waals surface area contributed by atoms with Crippen molar-refractivity contribution in [1.82, 2.24) is 10.2 Å². The Morgan fingerprint density at radius 3 is 2.44 bits per heavy atom. The van der Waals surface area contributed by atoms with Crippen LogP contribution in [-0.4, -0.2) is 43.0 Å². The fraction of sp³-hybridized carbons (Fsp3) is 0.364. The first-order valence-electron chi connectivity index (χ1n) is 9.28. The van der Waals surface area contributed by atoms with Crippen molar-refractivity contribution in [3.63, 3.8) is 0 Å². The van der Waals surface area contributed by atoms with Gasteiger partial charge in [0.2, 0.25) is 5.91 Å². The molecular formula is C22H26N2O3. The number of hydrogen-bond donors (Lipinski definition) is 1. The molecule has 1 N–H and O–H groups in total. The van der Waals surface area contributed by atoms with Crippen LogP contribution in [-0.2, 0) is 9.53 Å². The highest BCUT2D eigenvalue weighted by Crippen LogP contribution is 2.42. The average Bonchev–Trinajstić information content (AvgIpc) is 2.67. The molecule has 0 aliphatic carbocycles. The quantitative estimate of drug-likeness (QED) is 0.854. The summed E-state index contributed by atoms with van der Waals surface area (Å²) in [5, 5.41) is 3.04. The molecule has 0 aromatic heterocycles. The molecule has 0 saturated carbocycles. The Balaban J connectivity index is 2.15. The summed E-state index contributed by atoms with van der Waals surface area (Å²) in [6.45, 7) is 4.72. The molecule has 1 aliphatic heterocycles. The highest BCUT2D eigenvalue weighted by Gasteiger charge is 2.43. The number of nitrogens with zero attached hydrogens (tertiary/aromatic N) is 1. The minimum atomic E-state index is -0.472. The van der Waals surface area contributed by atoms with Gasteiger partial charge in [-0.25, -0.2) is 0 Å². The van der Waals surface area contributed by atoms with E-state index in [1.807, 2.05) is 62.4 Å². The second kappa shape index (κ2) is 8.35. The first kappa shape index (κ1) is 19.1. The van der Waals surface area contributed by atoms with Gasteiger partial charge in [0.15, 0.2) is 0 Å². The van der Waals surface area contributed by atoms with Gasteiger partial charge in [0.05, 0.1) is 18.6 Å². The fourth-order valence-electron chi connectivity index (χ4n) is 3.71. The van der Waals surface area contributed by atoms with Crippen molar-refractivity contribution in [2.45, 2.75) is 31.8 Å². The summed E-state index contributed by atoms with van der Waals surface area (Å²) in [7, 11) is 1.61. The van der Waals surface area contributed by atoms with Crippen LogP contribution in [0.2, 0.25) is 0 Å². The molecule has 27 heavy (non-hydrogen) atoms. The maximum absolute atomic E-state index is 13.2. The Morgan fingerprint density at radius 1 is 1.11 bits per heavy atom. The molecule has 3 rings (SSSR count). The lowest BCUT2D eigenvalue weighted by Gasteiger charge is -2.42. The highest BCUT2D eigenvalue weighted by molar-refractivity contribution is 6.01. The molecule has 2 amide bonds. The van der Waals surface area contributed by atoms with Gasteiger partial charge in [-0.05, 0) is 31.0 Å². The van der Waals surface area contributed by atoms with E-state index in [1.165, 1.54) is 0 Å². The van der Waals surface area contributed by atoms with Crippen LogP contribution in [0.25, 0.3) is 0 Å². The lowest BCUT2D eigenvalue weighted by Crippen LogP contribution is -2.49. The predicted octanol–water partition coefficient (Wildman–Crippen LogP) is 3.14. The van der Waals surface area contributed by atoms with Crippen molar-refractivity contribution in [1.29, 1.82) is 0 Å². The monoisotopic (exact) mass is 366 g/mol. The van der Waals surface area contributed by atoms with E-state index >= 15 is 0 Å². The van der Waals surface area contributed by atoms with Crippen LogP contribution >= 0.6 is 0 Å². The van der Waals surface area contributed by atoms with Gasteiger partial charge in [-0.3, -0.25) is 9.59 Å². The van der Waals surface area contributed by atoms with Gasteiger partial charge in [0.1, 0.15) is 0 Å². The largest absolute Gasteiger partial charge is 0.383 e. The molecule has 2 aromatic rings. The number of carbonyl (C=O) groups is 2. The van der Waals surface area contributed by atoms with E-state index in [0.717, 1.165) is 11.1 Å². The predicted molar refractivity (Wildman–Crippen MR) is 105 cm³/mol. The number of carbonyl (C=O) groups excluding carboxylic acids is 2. The van der Waals surface area contributed by atoms with Crippen molar-refractivity contribution in [3.05, 3.63) is 71.3 Å². The van der Waals surface area contributed by atoms with Gasteiger partial charge >= 0.3 is 0 Å². The average molecular weight is 366 g/mol. The summed E-state index contributed by atoms with van der Waals surface area (Å²) in [6, 6.07) is 16.8. The number of hydrogen-bond acceptors (Lipinski definition) is 3. The molecular weight excluding hydrogens is 340 g/mol.